The van der Waals surface area contributed by atoms with Gasteiger partial charge in [0.1, 0.15) is 17.1 Å². The van der Waals surface area contributed by atoms with Crippen molar-refractivity contribution in [2.45, 2.75) is 13.3 Å². The summed E-state index contributed by atoms with van der Waals surface area (Å²) in [4.78, 5) is 12.2. The molecule has 2 heterocycles. The summed E-state index contributed by atoms with van der Waals surface area (Å²) in [5.41, 5.74) is 5.11. The van der Waals surface area contributed by atoms with Crippen molar-refractivity contribution in [1.82, 2.24) is 10.2 Å². The van der Waals surface area contributed by atoms with Gasteiger partial charge in [-0.1, -0.05) is 36.4 Å². The highest BCUT2D eigenvalue weighted by Crippen LogP contribution is 2.38. The van der Waals surface area contributed by atoms with E-state index in [1.807, 2.05) is 30.3 Å². The number of benzene rings is 2. The van der Waals surface area contributed by atoms with Crippen molar-refractivity contribution in [3.05, 3.63) is 59.8 Å². The number of carbonyl (C=O) groups excluding carboxylic acids is 1. The van der Waals surface area contributed by atoms with Crippen LogP contribution in [-0.4, -0.2) is 29.4 Å². The molecular formula is C20H18N2O3. The fraction of sp³-hybridized carbons (Fsp3) is 0.200. The van der Waals surface area contributed by atoms with Crippen LogP contribution in [0.5, 0.6) is 5.75 Å². The van der Waals surface area contributed by atoms with E-state index in [2.05, 4.69) is 28.4 Å². The number of nitrogens with zero attached hydrogens (tertiary/aromatic N) is 1. The maximum Gasteiger partial charge on any atom is 0.356 e. The van der Waals surface area contributed by atoms with E-state index in [1.165, 1.54) is 0 Å². The summed E-state index contributed by atoms with van der Waals surface area (Å²) in [7, 11) is 0. The molecule has 3 aromatic rings. The lowest BCUT2D eigenvalue weighted by molar-refractivity contribution is 0.0518. The lowest BCUT2D eigenvalue weighted by Gasteiger charge is -2.09. The molecule has 0 bridgehead atoms. The molecule has 0 unspecified atom stereocenters. The van der Waals surface area contributed by atoms with E-state index >= 15 is 0 Å². The van der Waals surface area contributed by atoms with Crippen molar-refractivity contribution >= 4 is 5.97 Å². The van der Waals surface area contributed by atoms with Gasteiger partial charge in [-0.2, -0.15) is 5.10 Å². The highest BCUT2D eigenvalue weighted by Gasteiger charge is 2.25. The molecular weight excluding hydrogens is 316 g/mol. The Morgan fingerprint density at radius 1 is 1.20 bits per heavy atom. The van der Waals surface area contributed by atoms with Gasteiger partial charge >= 0.3 is 5.97 Å². The zero-order valence-corrected chi connectivity index (χ0v) is 13.9. The molecule has 1 aromatic heterocycles. The second-order valence-electron chi connectivity index (χ2n) is 5.82. The zero-order chi connectivity index (χ0) is 17.2. The van der Waals surface area contributed by atoms with Crippen molar-refractivity contribution in [3.8, 4) is 28.1 Å². The first-order valence-corrected chi connectivity index (χ1v) is 8.35. The molecule has 1 aliphatic rings. The van der Waals surface area contributed by atoms with Crippen LogP contribution in [0, 0.1) is 0 Å². The number of hydrogen-bond acceptors (Lipinski definition) is 4. The summed E-state index contributed by atoms with van der Waals surface area (Å²) in [6.45, 7) is 2.62. The minimum Gasteiger partial charge on any atom is -0.493 e. The Hall–Kier alpha value is -3.08. The van der Waals surface area contributed by atoms with E-state index in [0.29, 0.717) is 25.3 Å². The molecule has 0 saturated carbocycles. The van der Waals surface area contributed by atoms with Crippen LogP contribution in [0.1, 0.15) is 23.0 Å². The van der Waals surface area contributed by atoms with Crippen molar-refractivity contribution < 1.29 is 14.3 Å². The van der Waals surface area contributed by atoms with E-state index < -0.39 is 0 Å². The summed E-state index contributed by atoms with van der Waals surface area (Å²) in [6, 6.07) is 16.2. The highest BCUT2D eigenvalue weighted by atomic mass is 16.5. The summed E-state index contributed by atoms with van der Waals surface area (Å²) < 4.78 is 11.0. The normalized spacial score (nSPS) is 12.5. The molecule has 0 aliphatic carbocycles. The smallest absolute Gasteiger partial charge is 0.356 e. The number of H-pyrrole nitrogens is 1. The summed E-state index contributed by atoms with van der Waals surface area (Å²) in [5, 5.41) is 7.24. The predicted octanol–water partition coefficient (Wildman–Crippen LogP) is 3.86. The molecule has 0 fully saturated rings. The van der Waals surface area contributed by atoms with Crippen molar-refractivity contribution in [1.29, 1.82) is 0 Å². The van der Waals surface area contributed by atoms with Crippen LogP contribution in [0.2, 0.25) is 0 Å². The van der Waals surface area contributed by atoms with Crippen LogP contribution in [0.25, 0.3) is 22.4 Å². The average molecular weight is 334 g/mol. The summed E-state index contributed by atoms with van der Waals surface area (Å²) in [6.07, 6.45) is 0.606. The first-order chi connectivity index (χ1) is 12.3. The van der Waals surface area contributed by atoms with E-state index in [0.717, 1.165) is 33.7 Å². The molecule has 5 nitrogen and oxygen atoms in total. The maximum atomic E-state index is 12.2. The van der Waals surface area contributed by atoms with Gasteiger partial charge in [0.2, 0.25) is 0 Å². The molecule has 0 atom stereocenters. The zero-order valence-electron chi connectivity index (χ0n) is 13.9. The van der Waals surface area contributed by atoms with Crippen molar-refractivity contribution in [3.63, 3.8) is 0 Å². The number of rotatable bonds is 3. The first kappa shape index (κ1) is 15.4. The van der Waals surface area contributed by atoms with Crippen LogP contribution < -0.4 is 4.74 Å². The molecule has 0 amide bonds. The molecule has 4 rings (SSSR count). The number of esters is 1. The van der Waals surface area contributed by atoms with Gasteiger partial charge in [-0.25, -0.2) is 4.79 Å². The van der Waals surface area contributed by atoms with Crippen LogP contribution in [0.4, 0.5) is 0 Å². The van der Waals surface area contributed by atoms with Gasteiger partial charge in [-0.3, -0.25) is 5.10 Å². The third-order valence-corrected chi connectivity index (χ3v) is 4.30. The Kier molecular flexibility index (Phi) is 3.98. The van der Waals surface area contributed by atoms with Gasteiger partial charge in [0.05, 0.1) is 13.2 Å². The summed E-state index contributed by atoms with van der Waals surface area (Å²) >= 11 is 0. The Bertz CT molecular complexity index is 916. The fourth-order valence-corrected chi connectivity index (χ4v) is 3.12. The van der Waals surface area contributed by atoms with Crippen molar-refractivity contribution in [2.24, 2.45) is 0 Å². The molecule has 2 aromatic carbocycles. The van der Waals surface area contributed by atoms with E-state index in [9.17, 15) is 4.79 Å². The molecule has 5 heteroatoms. The second kappa shape index (κ2) is 6.43. The largest absolute Gasteiger partial charge is 0.493 e. The molecule has 1 N–H and O–H groups in total. The topological polar surface area (TPSA) is 64.2 Å². The number of aromatic amines is 1. The standard InChI is InChI=1S/C20H18N2O3/c1-2-24-20(23)19-15-10-11-25-17-9-8-14(13-6-4-3-5-7-13)12-16(17)18(15)21-22-19/h3-9,12H,2,10-11H2,1H3,(H,21,22). The average Bonchev–Trinajstić information content (AvgIpc) is 2.98. The number of hydrogen-bond donors (Lipinski definition) is 1. The number of ether oxygens (including phenoxy) is 2. The Labute approximate surface area is 145 Å². The van der Waals surface area contributed by atoms with Gasteiger partial charge in [0.25, 0.3) is 0 Å². The molecule has 126 valence electrons. The molecule has 0 spiro atoms. The van der Waals surface area contributed by atoms with E-state index in [-0.39, 0.29) is 5.97 Å². The van der Waals surface area contributed by atoms with E-state index in [4.69, 9.17) is 9.47 Å². The monoisotopic (exact) mass is 334 g/mol. The lowest BCUT2D eigenvalue weighted by Crippen LogP contribution is -2.09. The molecule has 0 radical (unpaired) electrons. The highest BCUT2D eigenvalue weighted by molar-refractivity contribution is 5.92. The van der Waals surface area contributed by atoms with Gasteiger partial charge in [0, 0.05) is 17.5 Å². The van der Waals surface area contributed by atoms with Gasteiger partial charge in [0.15, 0.2) is 0 Å². The Balaban J connectivity index is 1.82. The Morgan fingerprint density at radius 3 is 2.84 bits per heavy atom. The summed E-state index contributed by atoms with van der Waals surface area (Å²) in [5.74, 6) is 0.402. The van der Waals surface area contributed by atoms with Crippen LogP contribution in [0.15, 0.2) is 48.5 Å². The van der Waals surface area contributed by atoms with Gasteiger partial charge in [-0.05, 0) is 30.2 Å². The fourth-order valence-electron chi connectivity index (χ4n) is 3.12. The van der Waals surface area contributed by atoms with Crippen LogP contribution in [-0.2, 0) is 11.2 Å². The Morgan fingerprint density at radius 2 is 2.04 bits per heavy atom. The quantitative estimate of drug-likeness (QED) is 0.739. The third kappa shape index (κ3) is 2.78. The maximum absolute atomic E-state index is 12.2. The molecule has 0 saturated heterocycles. The number of nitrogens with one attached hydrogen (secondary N) is 1. The molecule has 25 heavy (non-hydrogen) atoms. The number of fused-ring (bicyclic) bond motifs is 3. The van der Waals surface area contributed by atoms with Crippen LogP contribution >= 0.6 is 0 Å². The number of aromatic nitrogens is 2. The van der Waals surface area contributed by atoms with Crippen molar-refractivity contribution in [2.75, 3.05) is 13.2 Å². The second-order valence-corrected chi connectivity index (χ2v) is 5.82. The minimum atomic E-state index is -0.376. The number of carbonyl (C=O) groups is 1. The predicted molar refractivity (Wildman–Crippen MR) is 94.6 cm³/mol. The SMILES string of the molecule is CCOC(=O)c1[nH]nc2c1CCOc1ccc(-c3ccccc3)cc1-2. The third-order valence-electron chi connectivity index (χ3n) is 4.30. The minimum absolute atomic E-state index is 0.331. The van der Waals surface area contributed by atoms with Crippen LogP contribution in [0.3, 0.4) is 0 Å². The molecule has 1 aliphatic heterocycles. The van der Waals surface area contributed by atoms with Gasteiger partial charge in [-0.15, -0.1) is 0 Å². The van der Waals surface area contributed by atoms with E-state index in [1.54, 1.807) is 6.92 Å². The van der Waals surface area contributed by atoms with Gasteiger partial charge < -0.3 is 9.47 Å². The lowest BCUT2D eigenvalue weighted by atomic mass is 9.98. The first-order valence-electron chi connectivity index (χ1n) is 8.35.